The number of fused-ring (bicyclic) bond motifs is 2. The molecule has 2 unspecified atom stereocenters. The van der Waals surface area contributed by atoms with Gasteiger partial charge in [0.25, 0.3) is 0 Å². The molecule has 0 radical (unpaired) electrons. The number of hydrogen-bond acceptors (Lipinski definition) is 3. The summed E-state index contributed by atoms with van der Waals surface area (Å²) in [6.45, 7) is 7.80. The maximum Gasteiger partial charge on any atom is 0.410 e. The van der Waals surface area contributed by atoms with E-state index in [0.29, 0.717) is 12.2 Å². The third-order valence-electron chi connectivity index (χ3n) is 4.57. The molecule has 21 heavy (non-hydrogen) atoms. The zero-order valence-electron chi connectivity index (χ0n) is 13.9. The van der Waals surface area contributed by atoms with Gasteiger partial charge in [-0.1, -0.05) is 13.3 Å². The fourth-order valence-corrected chi connectivity index (χ4v) is 3.61. The molecule has 2 saturated heterocycles. The zero-order chi connectivity index (χ0) is 15.6. The van der Waals surface area contributed by atoms with Crippen molar-refractivity contribution in [3.05, 3.63) is 0 Å². The predicted molar refractivity (Wildman–Crippen MR) is 82.1 cm³/mol. The summed E-state index contributed by atoms with van der Waals surface area (Å²) in [5.41, 5.74) is -0.454. The van der Waals surface area contributed by atoms with Gasteiger partial charge < -0.3 is 9.64 Å². The number of hydrogen-bond donors (Lipinski definition) is 0. The Hall–Kier alpha value is -1.06. The standard InChI is InChI=1S/C17H29NO3/c1-5-6-7-15(19)12-10-13-8-9-14(11-12)18(13)16(20)21-17(2,3)4/h12-14H,5-11H2,1-4H3. The average Bonchev–Trinajstić information content (AvgIpc) is 2.65. The Labute approximate surface area is 128 Å². The average molecular weight is 295 g/mol. The summed E-state index contributed by atoms with van der Waals surface area (Å²) in [5, 5.41) is 0. The van der Waals surface area contributed by atoms with E-state index in [4.69, 9.17) is 4.74 Å². The van der Waals surface area contributed by atoms with Gasteiger partial charge in [-0.15, -0.1) is 0 Å². The summed E-state index contributed by atoms with van der Waals surface area (Å²) in [5.74, 6) is 0.560. The second-order valence-corrected chi connectivity index (χ2v) is 7.51. The van der Waals surface area contributed by atoms with Crippen LogP contribution in [0.3, 0.4) is 0 Å². The lowest BCUT2D eigenvalue weighted by atomic mass is 9.86. The lowest BCUT2D eigenvalue weighted by Gasteiger charge is -2.39. The molecule has 0 N–H and O–H groups in total. The second-order valence-electron chi connectivity index (χ2n) is 7.51. The Morgan fingerprint density at radius 2 is 1.71 bits per heavy atom. The number of rotatable bonds is 4. The number of unbranched alkanes of at least 4 members (excludes halogenated alkanes) is 1. The van der Waals surface area contributed by atoms with Gasteiger partial charge >= 0.3 is 6.09 Å². The molecule has 4 nitrogen and oxygen atoms in total. The van der Waals surface area contributed by atoms with Crippen molar-refractivity contribution in [3.8, 4) is 0 Å². The predicted octanol–water partition coefficient (Wildman–Crippen LogP) is 3.92. The van der Waals surface area contributed by atoms with E-state index in [1.165, 1.54) is 0 Å². The van der Waals surface area contributed by atoms with Crippen molar-refractivity contribution in [2.75, 3.05) is 0 Å². The topological polar surface area (TPSA) is 46.6 Å². The van der Waals surface area contributed by atoms with Gasteiger partial charge in [0.05, 0.1) is 0 Å². The maximum atomic E-state index is 12.3. The number of piperidine rings is 1. The largest absolute Gasteiger partial charge is 0.444 e. The molecule has 4 heteroatoms. The molecule has 0 aromatic rings. The van der Waals surface area contributed by atoms with E-state index in [1.807, 2.05) is 25.7 Å². The lowest BCUT2D eigenvalue weighted by Crippen LogP contribution is -2.49. The van der Waals surface area contributed by atoms with Crippen LogP contribution in [0.25, 0.3) is 0 Å². The van der Waals surface area contributed by atoms with Crippen LogP contribution >= 0.6 is 0 Å². The third-order valence-corrected chi connectivity index (χ3v) is 4.57. The fraction of sp³-hybridized carbons (Fsp3) is 0.882. The summed E-state index contributed by atoms with van der Waals surface area (Å²) in [7, 11) is 0. The van der Waals surface area contributed by atoms with Gasteiger partial charge in [0.2, 0.25) is 0 Å². The fourth-order valence-electron chi connectivity index (χ4n) is 3.61. The highest BCUT2D eigenvalue weighted by Crippen LogP contribution is 2.40. The third kappa shape index (κ3) is 3.98. The number of Topliss-reactive ketones (excluding diaryl/α,β-unsaturated/α-hetero) is 1. The Morgan fingerprint density at radius 3 is 2.19 bits per heavy atom. The molecule has 2 aliphatic rings. The molecule has 2 heterocycles. The minimum atomic E-state index is -0.454. The van der Waals surface area contributed by atoms with E-state index in [-0.39, 0.29) is 24.1 Å². The Kier molecular flexibility index (Phi) is 4.95. The lowest BCUT2D eigenvalue weighted by molar-refractivity contribution is -0.125. The highest BCUT2D eigenvalue weighted by Gasteiger charge is 2.46. The van der Waals surface area contributed by atoms with Crippen LogP contribution < -0.4 is 0 Å². The number of ether oxygens (including phenoxy) is 1. The SMILES string of the molecule is CCCCC(=O)C1CC2CCC(C1)N2C(=O)OC(C)(C)C. The van der Waals surface area contributed by atoms with E-state index in [0.717, 1.165) is 38.5 Å². The molecule has 120 valence electrons. The molecule has 2 rings (SSSR count). The summed E-state index contributed by atoms with van der Waals surface area (Å²) in [4.78, 5) is 26.5. The van der Waals surface area contributed by atoms with Crippen LogP contribution in [-0.2, 0) is 9.53 Å². The van der Waals surface area contributed by atoms with E-state index < -0.39 is 5.60 Å². The maximum absolute atomic E-state index is 12.3. The number of carbonyl (C=O) groups excluding carboxylic acids is 2. The second kappa shape index (κ2) is 6.37. The van der Waals surface area contributed by atoms with Gasteiger partial charge in [-0.2, -0.15) is 0 Å². The monoisotopic (exact) mass is 295 g/mol. The van der Waals surface area contributed by atoms with Gasteiger partial charge in [0, 0.05) is 24.4 Å². The summed E-state index contributed by atoms with van der Waals surface area (Å²) in [6, 6.07) is 0.406. The molecule has 1 amide bonds. The van der Waals surface area contributed by atoms with E-state index in [2.05, 4.69) is 6.92 Å². The van der Waals surface area contributed by atoms with Crippen LogP contribution in [0.2, 0.25) is 0 Å². The number of nitrogens with zero attached hydrogens (tertiary/aromatic N) is 1. The van der Waals surface area contributed by atoms with Crippen molar-refractivity contribution >= 4 is 11.9 Å². The number of amides is 1. The molecule has 0 spiro atoms. The van der Waals surface area contributed by atoms with Crippen molar-refractivity contribution in [1.29, 1.82) is 0 Å². The summed E-state index contributed by atoms with van der Waals surface area (Å²) < 4.78 is 5.52. The first-order chi connectivity index (χ1) is 9.81. The molecule has 0 aromatic heterocycles. The first-order valence-corrected chi connectivity index (χ1v) is 8.36. The molecular weight excluding hydrogens is 266 g/mol. The van der Waals surface area contributed by atoms with E-state index in [1.54, 1.807) is 0 Å². The Bertz CT molecular complexity index is 385. The van der Waals surface area contributed by atoms with Crippen molar-refractivity contribution in [2.24, 2.45) is 5.92 Å². The summed E-state index contributed by atoms with van der Waals surface area (Å²) in [6.07, 6.45) is 6.25. The van der Waals surface area contributed by atoms with Crippen molar-refractivity contribution in [2.45, 2.75) is 90.3 Å². The molecular formula is C17H29NO3. The van der Waals surface area contributed by atoms with E-state index in [9.17, 15) is 9.59 Å². The van der Waals surface area contributed by atoms with Crippen LogP contribution in [0.15, 0.2) is 0 Å². The summed E-state index contributed by atoms with van der Waals surface area (Å²) >= 11 is 0. The molecule has 2 bridgehead atoms. The molecule has 0 aliphatic carbocycles. The van der Waals surface area contributed by atoms with Crippen LogP contribution in [-0.4, -0.2) is 34.5 Å². The van der Waals surface area contributed by atoms with Gasteiger partial charge in [-0.05, 0) is 52.9 Å². The zero-order valence-corrected chi connectivity index (χ0v) is 13.9. The molecule has 0 saturated carbocycles. The smallest absolute Gasteiger partial charge is 0.410 e. The van der Waals surface area contributed by atoms with Gasteiger partial charge in [-0.25, -0.2) is 4.79 Å². The van der Waals surface area contributed by atoms with Crippen molar-refractivity contribution < 1.29 is 14.3 Å². The van der Waals surface area contributed by atoms with Crippen LogP contribution in [0.1, 0.15) is 72.6 Å². The highest BCUT2D eigenvalue weighted by atomic mass is 16.6. The van der Waals surface area contributed by atoms with Crippen molar-refractivity contribution in [3.63, 3.8) is 0 Å². The number of ketones is 1. The van der Waals surface area contributed by atoms with Crippen molar-refractivity contribution in [1.82, 2.24) is 4.90 Å². The first kappa shape index (κ1) is 16.3. The minimum absolute atomic E-state index is 0.160. The van der Waals surface area contributed by atoms with Gasteiger partial charge in [0.15, 0.2) is 0 Å². The number of carbonyl (C=O) groups is 2. The Balaban J connectivity index is 1.96. The first-order valence-electron chi connectivity index (χ1n) is 8.36. The molecule has 0 aromatic carbocycles. The van der Waals surface area contributed by atoms with E-state index >= 15 is 0 Å². The van der Waals surface area contributed by atoms with Gasteiger partial charge in [0.1, 0.15) is 11.4 Å². The highest BCUT2D eigenvalue weighted by molar-refractivity contribution is 5.81. The van der Waals surface area contributed by atoms with Gasteiger partial charge in [-0.3, -0.25) is 4.79 Å². The van der Waals surface area contributed by atoms with Crippen LogP contribution in [0.4, 0.5) is 4.79 Å². The Morgan fingerprint density at radius 1 is 1.14 bits per heavy atom. The quantitative estimate of drug-likeness (QED) is 0.789. The molecule has 2 fully saturated rings. The normalized spacial score (nSPS) is 28.6. The van der Waals surface area contributed by atoms with Crippen LogP contribution in [0, 0.1) is 5.92 Å². The minimum Gasteiger partial charge on any atom is -0.444 e. The molecule has 2 aliphatic heterocycles. The molecule has 2 atom stereocenters. The van der Waals surface area contributed by atoms with Crippen LogP contribution in [0.5, 0.6) is 0 Å².